The highest BCUT2D eigenvalue weighted by molar-refractivity contribution is 5.87. The summed E-state index contributed by atoms with van der Waals surface area (Å²) < 4.78 is 0. The molecule has 2 unspecified atom stereocenters. The highest BCUT2D eigenvalue weighted by atomic mass is 16.1. The number of hydrogen-bond acceptors (Lipinski definition) is 2. The van der Waals surface area contributed by atoms with Crippen LogP contribution in [0, 0.1) is 5.92 Å². The highest BCUT2D eigenvalue weighted by Crippen LogP contribution is 2.47. The van der Waals surface area contributed by atoms with Crippen molar-refractivity contribution in [2.45, 2.75) is 38.6 Å². The lowest BCUT2D eigenvalue weighted by Crippen LogP contribution is -2.57. The number of nitrogens with one attached hydrogen (secondary N) is 1. The SMILES string of the molecule is CC(=O)C1CCCN2CCc3c([nH]c4ccccc34)C12C. The Bertz CT molecular complexity index is 717. The van der Waals surface area contributed by atoms with Gasteiger partial charge in [0.15, 0.2) is 0 Å². The number of nitrogens with zero attached hydrogens (tertiary/aromatic N) is 1. The van der Waals surface area contributed by atoms with Crippen molar-refractivity contribution in [1.82, 2.24) is 9.88 Å². The summed E-state index contributed by atoms with van der Waals surface area (Å²) in [4.78, 5) is 18.4. The second-order valence-corrected chi connectivity index (χ2v) is 6.71. The maximum absolute atomic E-state index is 12.2. The molecular weight excluding hydrogens is 260 g/mol. The molecule has 4 rings (SSSR count). The number of fused-ring (bicyclic) bond motifs is 5. The van der Waals surface area contributed by atoms with Crippen molar-refractivity contribution in [3.63, 3.8) is 0 Å². The number of aromatic amines is 1. The Kier molecular flexibility index (Phi) is 2.77. The van der Waals surface area contributed by atoms with Gasteiger partial charge in [-0.1, -0.05) is 18.2 Å². The Morgan fingerprint density at radius 3 is 2.95 bits per heavy atom. The van der Waals surface area contributed by atoms with Crippen molar-refractivity contribution < 1.29 is 4.79 Å². The minimum Gasteiger partial charge on any atom is -0.357 e. The van der Waals surface area contributed by atoms with Crippen molar-refractivity contribution >= 4 is 16.7 Å². The number of para-hydroxylation sites is 1. The van der Waals surface area contributed by atoms with Gasteiger partial charge in [0.2, 0.25) is 0 Å². The second kappa shape index (κ2) is 4.44. The molecular formula is C18H22N2O. The molecule has 110 valence electrons. The zero-order chi connectivity index (χ0) is 14.6. The Hall–Kier alpha value is -1.61. The first-order valence-electron chi connectivity index (χ1n) is 7.98. The van der Waals surface area contributed by atoms with Gasteiger partial charge < -0.3 is 4.98 Å². The van der Waals surface area contributed by atoms with Gasteiger partial charge >= 0.3 is 0 Å². The van der Waals surface area contributed by atoms with Crippen LogP contribution in [0.5, 0.6) is 0 Å². The van der Waals surface area contributed by atoms with Gasteiger partial charge in [-0.2, -0.15) is 0 Å². The van der Waals surface area contributed by atoms with E-state index in [-0.39, 0.29) is 11.5 Å². The van der Waals surface area contributed by atoms with Crippen molar-refractivity contribution in [3.8, 4) is 0 Å². The van der Waals surface area contributed by atoms with Crippen LogP contribution in [0.25, 0.3) is 10.9 Å². The number of carbonyl (C=O) groups is 1. The van der Waals surface area contributed by atoms with Crippen LogP contribution in [0.15, 0.2) is 24.3 Å². The maximum atomic E-state index is 12.2. The van der Waals surface area contributed by atoms with Crippen molar-refractivity contribution in [2.24, 2.45) is 5.92 Å². The summed E-state index contributed by atoms with van der Waals surface area (Å²) in [7, 11) is 0. The van der Waals surface area contributed by atoms with Gasteiger partial charge in [0, 0.05) is 29.1 Å². The van der Waals surface area contributed by atoms with E-state index >= 15 is 0 Å². The molecule has 0 radical (unpaired) electrons. The molecule has 1 aromatic carbocycles. The monoisotopic (exact) mass is 282 g/mol. The normalized spacial score (nSPS) is 29.1. The molecule has 0 saturated carbocycles. The fraction of sp³-hybridized carbons (Fsp3) is 0.500. The molecule has 3 heteroatoms. The largest absolute Gasteiger partial charge is 0.357 e. The topological polar surface area (TPSA) is 36.1 Å². The lowest BCUT2D eigenvalue weighted by molar-refractivity contribution is -0.130. The van der Waals surface area contributed by atoms with Crippen molar-refractivity contribution in [2.75, 3.05) is 13.1 Å². The van der Waals surface area contributed by atoms with Crippen LogP contribution < -0.4 is 0 Å². The van der Waals surface area contributed by atoms with Crippen molar-refractivity contribution in [1.29, 1.82) is 0 Å². The Morgan fingerprint density at radius 1 is 1.33 bits per heavy atom. The molecule has 0 amide bonds. The number of H-pyrrole nitrogens is 1. The summed E-state index contributed by atoms with van der Waals surface area (Å²) in [6.07, 6.45) is 3.23. The van der Waals surface area contributed by atoms with Crippen LogP contribution >= 0.6 is 0 Å². The molecule has 21 heavy (non-hydrogen) atoms. The molecule has 1 fully saturated rings. The molecule has 0 bridgehead atoms. The number of hydrogen-bond donors (Lipinski definition) is 1. The molecule has 0 spiro atoms. The fourth-order valence-electron chi connectivity index (χ4n) is 4.63. The standard InChI is InChI=1S/C18H22N2O/c1-12(21)15-7-5-10-20-11-9-14-13-6-3-4-8-16(13)19-17(14)18(15,20)2/h3-4,6,8,15,19H,5,7,9-11H2,1-2H3. The molecule has 0 aliphatic carbocycles. The summed E-state index contributed by atoms with van der Waals surface area (Å²) in [5.74, 6) is 0.437. The molecule has 2 aromatic rings. The first kappa shape index (κ1) is 13.1. The van der Waals surface area contributed by atoms with E-state index in [4.69, 9.17) is 0 Å². The third-order valence-electron chi connectivity index (χ3n) is 5.70. The smallest absolute Gasteiger partial charge is 0.135 e. The zero-order valence-electron chi connectivity index (χ0n) is 12.8. The quantitative estimate of drug-likeness (QED) is 0.871. The molecule has 1 aromatic heterocycles. The summed E-state index contributed by atoms with van der Waals surface area (Å²) >= 11 is 0. The van der Waals surface area contributed by atoms with Gasteiger partial charge in [0.05, 0.1) is 5.54 Å². The van der Waals surface area contributed by atoms with E-state index in [0.717, 1.165) is 32.4 Å². The number of aromatic nitrogens is 1. The molecule has 2 atom stereocenters. The zero-order valence-corrected chi connectivity index (χ0v) is 12.8. The minimum absolute atomic E-state index is 0.110. The second-order valence-electron chi connectivity index (χ2n) is 6.71. The first-order chi connectivity index (χ1) is 10.1. The van der Waals surface area contributed by atoms with Crippen molar-refractivity contribution in [3.05, 3.63) is 35.5 Å². The lowest BCUT2D eigenvalue weighted by atomic mass is 9.70. The van der Waals surface area contributed by atoms with Gasteiger partial charge in [0.1, 0.15) is 5.78 Å². The van der Waals surface area contributed by atoms with E-state index in [1.165, 1.54) is 22.2 Å². The third-order valence-corrected chi connectivity index (χ3v) is 5.70. The molecule has 1 saturated heterocycles. The van der Waals surface area contributed by atoms with Crippen LogP contribution in [0.2, 0.25) is 0 Å². The Balaban J connectivity index is 1.96. The summed E-state index contributed by atoms with van der Waals surface area (Å²) in [5, 5.41) is 1.33. The van der Waals surface area contributed by atoms with Gasteiger partial charge in [-0.15, -0.1) is 0 Å². The van der Waals surface area contributed by atoms with Crippen LogP contribution in [0.3, 0.4) is 0 Å². The van der Waals surface area contributed by atoms with Gasteiger partial charge in [-0.05, 0) is 51.3 Å². The number of piperidine rings is 1. The van der Waals surface area contributed by atoms with Gasteiger partial charge in [-0.3, -0.25) is 9.69 Å². The first-order valence-corrected chi connectivity index (χ1v) is 7.98. The van der Waals surface area contributed by atoms with Crippen LogP contribution in [-0.4, -0.2) is 28.8 Å². The molecule has 2 aliphatic rings. The molecule has 3 nitrogen and oxygen atoms in total. The number of Topliss-reactive ketones (excluding diaryl/α,β-unsaturated/α-hetero) is 1. The number of ketones is 1. The third kappa shape index (κ3) is 1.67. The predicted molar refractivity (Wildman–Crippen MR) is 84.3 cm³/mol. The van der Waals surface area contributed by atoms with Crippen LogP contribution in [-0.2, 0) is 16.8 Å². The Labute approximate surface area is 125 Å². The minimum atomic E-state index is -0.156. The number of carbonyl (C=O) groups excluding carboxylic acids is 1. The van der Waals surface area contributed by atoms with E-state index in [9.17, 15) is 4.79 Å². The summed E-state index contributed by atoms with van der Waals surface area (Å²) in [6, 6.07) is 8.53. The Morgan fingerprint density at radius 2 is 2.14 bits per heavy atom. The molecule has 3 heterocycles. The lowest BCUT2D eigenvalue weighted by Gasteiger charge is -2.51. The summed E-state index contributed by atoms with van der Waals surface area (Å²) in [6.45, 7) is 6.20. The predicted octanol–water partition coefficient (Wildman–Crippen LogP) is 3.24. The molecule has 1 N–H and O–H groups in total. The molecule has 2 aliphatic heterocycles. The average Bonchev–Trinajstić information content (AvgIpc) is 2.86. The van der Waals surface area contributed by atoms with E-state index in [2.05, 4.69) is 41.1 Å². The van der Waals surface area contributed by atoms with Crippen LogP contribution in [0.4, 0.5) is 0 Å². The highest BCUT2D eigenvalue weighted by Gasteiger charge is 2.49. The average molecular weight is 282 g/mol. The van der Waals surface area contributed by atoms with E-state index in [1.54, 1.807) is 6.92 Å². The van der Waals surface area contributed by atoms with E-state index in [0.29, 0.717) is 5.78 Å². The van der Waals surface area contributed by atoms with E-state index in [1.807, 2.05) is 0 Å². The summed E-state index contributed by atoms with van der Waals surface area (Å²) in [5.41, 5.74) is 3.77. The number of rotatable bonds is 1. The van der Waals surface area contributed by atoms with Gasteiger partial charge in [0.25, 0.3) is 0 Å². The van der Waals surface area contributed by atoms with Gasteiger partial charge in [-0.25, -0.2) is 0 Å². The number of benzene rings is 1. The van der Waals surface area contributed by atoms with E-state index < -0.39 is 0 Å². The maximum Gasteiger partial charge on any atom is 0.135 e. The fourth-order valence-corrected chi connectivity index (χ4v) is 4.63. The van der Waals surface area contributed by atoms with Crippen LogP contribution in [0.1, 0.15) is 37.9 Å².